The van der Waals surface area contributed by atoms with Crippen molar-refractivity contribution in [3.63, 3.8) is 0 Å². The SMILES string of the molecule is CNC(=O)c1ccc(CNc2nc(NC3CCCCC3)nc(N3CCc4cc(O)c(OC)cc4C3)n2)cc1. The van der Waals surface area contributed by atoms with E-state index in [2.05, 4.69) is 20.9 Å². The molecule has 2 aliphatic rings. The highest BCUT2D eigenvalue weighted by Crippen LogP contribution is 2.33. The lowest BCUT2D eigenvalue weighted by Gasteiger charge is -2.30. The lowest BCUT2D eigenvalue weighted by atomic mass is 9.96. The molecule has 1 aliphatic heterocycles. The number of fused-ring (bicyclic) bond motifs is 1. The van der Waals surface area contributed by atoms with Crippen LogP contribution in [0.2, 0.25) is 0 Å². The highest BCUT2D eigenvalue weighted by molar-refractivity contribution is 5.93. The number of benzene rings is 2. The number of hydrogen-bond donors (Lipinski definition) is 4. The number of phenolic OH excluding ortho intramolecular Hbond substituents is 1. The summed E-state index contributed by atoms with van der Waals surface area (Å²) in [7, 11) is 3.18. The molecule has 0 spiro atoms. The molecule has 10 heteroatoms. The first-order chi connectivity index (χ1) is 18.5. The van der Waals surface area contributed by atoms with Crippen LogP contribution in [-0.4, -0.2) is 52.7 Å². The Labute approximate surface area is 222 Å². The standard InChI is InChI=1S/C28H35N7O3/c1-29-25(37)19-10-8-18(9-11-19)16-30-26-32-27(31-22-6-4-3-5-7-22)34-28(33-26)35-13-12-20-14-23(36)24(38-2)15-21(20)17-35/h8-11,14-15,22,36H,3-7,12-13,16-17H2,1-2H3,(H,29,37)(H2,30,31,32,33,34). The molecule has 1 aromatic heterocycles. The second kappa shape index (κ2) is 11.5. The molecule has 38 heavy (non-hydrogen) atoms. The van der Waals surface area contributed by atoms with Gasteiger partial charge in [0.2, 0.25) is 17.8 Å². The van der Waals surface area contributed by atoms with Crippen molar-refractivity contribution < 1.29 is 14.6 Å². The van der Waals surface area contributed by atoms with Crippen LogP contribution >= 0.6 is 0 Å². The predicted molar refractivity (Wildman–Crippen MR) is 147 cm³/mol. The molecule has 3 aromatic rings. The van der Waals surface area contributed by atoms with Gasteiger partial charge in [-0.05, 0) is 60.2 Å². The zero-order valence-electron chi connectivity index (χ0n) is 22.0. The van der Waals surface area contributed by atoms with E-state index >= 15 is 0 Å². The highest BCUT2D eigenvalue weighted by Gasteiger charge is 2.23. The molecule has 4 N–H and O–H groups in total. The van der Waals surface area contributed by atoms with E-state index in [-0.39, 0.29) is 11.7 Å². The van der Waals surface area contributed by atoms with Gasteiger partial charge in [-0.1, -0.05) is 31.4 Å². The summed E-state index contributed by atoms with van der Waals surface area (Å²) in [5.74, 6) is 2.19. The monoisotopic (exact) mass is 517 g/mol. The van der Waals surface area contributed by atoms with E-state index in [1.165, 1.54) is 19.3 Å². The van der Waals surface area contributed by atoms with Crippen molar-refractivity contribution in [2.24, 2.45) is 0 Å². The molecular weight excluding hydrogens is 482 g/mol. The van der Waals surface area contributed by atoms with Crippen molar-refractivity contribution in [3.05, 3.63) is 58.7 Å². The van der Waals surface area contributed by atoms with Crippen LogP contribution in [0, 0.1) is 0 Å². The quantitative estimate of drug-likeness (QED) is 0.352. The largest absolute Gasteiger partial charge is 0.504 e. The summed E-state index contributed by atoms with van der Waals surface area (Å²) in [6.45, 7) is 1.85. The molecule has 1 saturated carbocycles. The first kappa shape index (κ1) is 25.6. The van der Waals surface area contributed by atoms with Crippen molar-refractivity contribution in [1.29, 1.82) is 0 Å². The summed E-state index contributed by atoms with van der Waals surface area (Å²) in [6.07, 6.45) is 6.70. The lowest BCUT2D eigenvalue weighted by molar-refractivity contribution is 0.0963. The number of anilines is 3. The van der Waals surface area contributed by atoms with Crippen LogP contribution in [0.5, 0.6) is 11.5 Å². The lowest BCUT2D eigenvalue weighted by Crippen LogP contribution is -2.33. The Morgan fingerprint density at radius 2 is 1.82 bits per heavy atom. The second-order valence-corrected chi connectivity index (χ2v) is 9.86. The maximum Gasteiger partial charge on any atom is 0.251 e. The number of nitrogens with zero attached hydrogens (tertiary/aromatic N) is 4. The fourth-order valence-electron chi connectivity index (χ4n) is 5.09. The highest BCUT2D eigenvalue weighted by atomic mass is 16.5. The van der Waals surface area contributed by atoms with Crippen LogP contribution in [0.4, 0.5) is 17.8 Å². The van der Waals surface area contributed by atoms with E-state index in [0.29, 0.717) is 48.3 Å². The third-order valence-corrected chi connectivity index (χ3v) is 7.25. The minimum absolute atomic E-state index is 0.110. The van der Waals surface area contributed by atoms with Gasteiger partial charge in [0.1, 0.15) is 0 Å². The number of aromatic nitrogens is 3. The number of rotatable bonds is 8. The molecule has 0 saturated heterocycles. The molecule has 1 aliphatic carbocycles. The molecule has 200 valence electrons. The average Bonchev–Trinajstić information content (AvgIpc) is 2.95. The Morgan fingerprint density at radius 1 is 1.05 bits per heavy atom. The summed E-state index contributed by atoms with van der Waals surface area (Å²) in [4.78, 5) is 28.2. The van der Waals surface area contributed by atoms with Gasteiger partial charge in [-0.15, -0.1) is 0 Å². The minimum Gasteiger partial charge on any atom is -0.504 e. The van der Waals surface area contributed by atoms with Crippen molar-refractivity contribution in [2.75, 3.05) is 36.2 Å². The molecule has 2 aromatic carbocycles. The predicted octanol–water partition coefficient (Wildman–Crippen LogP) is 3.86. The molecular formula is C28H35N7O3. The maximum atomic E-state index is 11.8. The van der Waals surface area contributed by atoms with Crippen LogP contribution in [0.15, 0.2) is 36.4 Å². The van der Waals surface area contributed by atoms with E-state index in [4.69, 9.17) is 19.7 Å². The molecule has 2 heterocycles. The maximum absolute atomic E-state index is 11.8. The molecule has 0 radical (unpaired) electrons. The van der Waals surface area contributed by atoms with Gasteiger partial charge in [-0.2, -0.15) is 15.0 Å². The average molecular weight is 518 g/mol. The van der Waals surface area contributed by atoms with E-state index in [9.17, 15) is 9.90 Å². The van der Waals surface area contributed by atoms with Gasteiger partial charge in [0, 0.05) is 38.3 Å². The Kier molecular flexibility index (Phi) is 7.76. The number of nitrogens with one attached hydrogen (secondary N) is 3. The van der Waals surface area contributed by atoms with Crippen molar-refractivity contribution >= 4 is 23.8 Å². The van der Waals surface area contributed by atoms with Crippen LogP contribution in [0.3, 0.4) is 0 Å². The van der Waals surface area contributed by atoms with Crippen LogP contribution in [0.1, 0.15) is 59.2 Å². The molecule has 0 atom stereocenters. The van der Waals surface area contributed by atoms with Crippen LogP contribution in [-0.2, 0) is 19.5 Å². The van der Waals surface area contributed by atoms with Crippen molar-refractivity contribution in [2.45, 2.75) is 57.7 Å². The van der Waals surface area contributed by atoms with Gasteiger partial charge >= 0.3 is 0 Å². The number of phenols is 1. The summed E-state index contributed by atoms with van der Waals surface area (Å²) >= 11 is 0. The van der Waals surface area contributed by atoms with E-state index in [1.807, 2.05) is 30.3 Å². The van der Waals surface area contributed by atoms with Crippen molar-refractivity contribution in [1.82, 2.24) is 20.3 Å². The Bertz CT molecular complexity index is 1280. The zero-order valence-corrected chi connectivity index (χ0v) is 22.0. The number of carbonyl (C=O) groups excluding carboxylic acids is 1. The number of hydrogen-bond acceptors (Lipinski definition) is 9. The van der Waals surface area contributed by atoms with Gasteiger partial charge < -0.3 is 30.7 Å². The third kappa shape index (κ3) is 5.90. The smallest absolute Gasteiger partial charge is 0.251 e. The van der Waals surface area contributed by atoms with Gasteiger partial charge in [0.25, 0.3) is 5.91 Å². The normalized spacial score (nSPS) is 15.5. The van der Waals surface area contributed by atoms with E-state index < -0.39 is 0 Å². The number of amides is 1. The summed E-state index contributed by atoms with van der Waals surface area (Å²) < 4.78 is 5.32. The summed E-state index contributed by atoms with van der Waals surface area (Å²) in [5, 5.41) is 19.7. The first-order valence-electron chi connectivity index (χ1n) is 13.2. The van der Waals surface area contributed by atoms with Gasteiger partial charge in [0.15, 0.2) is 11.5 Å². The van der Waals surface area contributed by atoms with Gasteiger partial charge in [-0.25, -0.2) is 0 Å². The number of carbonyl (C=O) groups is 1. The Morgan fingerprint density at radius 3 is 2.55 bits per heavy atom. The van der Waals surface area contributed by atoms with Crippen LogP contribution in [0.25, 0.3) is 0 Å². The number of methoxy groups -OCH3 is 1. The first-order valence-corrected chi connectivity index (χ1v) is 13.2. The topological polar surface area (TPSA) is 125 Å². The van der Waals surface area contributed by atoms with Crippen molar-refractivity contribution in [3.8, 4) is 11.5 Å². The van der Waals surface area contributed by atoms with E-state index in [0.717, 1.165) is 42.5 Å². The molecule has 1 fully saturated rings. The number of ether oxygens (including phenoxy) is 1. The summed E-state index contributed by atoms with van der Waals surface area (Å²) in [6, 6.07) is 11.5. The number of aromatic hydroxyl groups is 1. The van der Waals surface area contributed by atoms with Gasteiger partial charge in [0.05, 0.1) is 7.11 Å². The van der Waals surface area contributed by atoms with Gasteiger partial charge in [-0.3, -0.25) is 4.79 Å². The summed E-state index contributed by atoms with van der Waals surface area (Å²) in [5.41, 5.74) is 3.82. The second-order valence-electron chi connectivity index (χ2n) is 9.86. The molecule has 0 bridgehead atoms. The molecule has 5 rings (SSSR count). The van der Waals surface area contributed by atoms with Crippen LogP contribution < -0.4 is 25.6 Å². The zero-order chi connectivity index (χ0) is 26.5. The molecule has 1 amide bonds. The molecule has 0 unspecified atom stereocenters. The fraction of sp³-hybridized carbons (Fsp3) is 0.429. The Balaban J connectivity index is 1.37. The third-order valence-electron chi connectivity index (χ3n) is 7.25. The minimum atomic E-state index is -0.110. The Hall–Kier alpha value is -4.08. The fourth-order valence-corrected chi connectivity index (χ4v) is 5.09. The molecule has 10 nitrogen and oxygen atoms in total. The van der Waals surface area contributed by atoms with E-state index in [1.54, 1.807) is 20.2 Å².